The van der Waals surface area contributed by atoms with Crippen LogP contribution in [0.5, 0.6) is 0 Å². The Balaban J connectivity index is 0.825. The monoisotopic (exact) mass is 1420 g/mol. The van der Waals surface area contributed by atoms with Crippen LogP contribution < -0.4 is 91.7 Å². The van der Waals surface area contributed by atoms with E-state index in [1.54, 1.807) is 0 Å². The smallest absolute Gasteiger partial charge is 0.104 e. The van der Waals surface area contributed by atoms with Gasteiger partial charge < -0.3 is 91.7 Å². The van der Waals surface area contributed by atoms with Crippen molar-refractivity contribution in [1.29, 1.82) is 0 Å². The van der Waals surface area contributed by atoms with Crippen molar-refractivity contribution in [2.24, 2.45) is 0 Å². The second-order valence-corrected chi connectivity index (χ2v) is 31.9. The van der Waals surface area contributed by atoms with E-state index in [0.29, 0.717) is 130 Å². The first kappa shape index (κ1) is 60.6. The van der Waals surface area contributed by atoms with Crippen LogP contribution in [0, 0.1) is 94.7 Å². The highest BCUT2D eigenvalue weighted by Crippen LogP contribution is 2.53. The average Bonchev–Trinajstić information content (AvgIpc) is 1.71. The van der Waals surface area contributed by atoms with Gasteiger partial charge in [0.1, 0.15) is 39.0 Å². The first-order valence-electron chi connectivity index (χ1n) is 26.2. The van der Waals surface area contributed by atoms with E-state index in [2.05, 4.69) is 94.7 Å². The van der Waals surface area contributed by atoms with Gasteiger partial charge in [0.25, 0.3) is 0 Å². The maximum absolute atomic E-state index is 6.60. The summed E-state index contributed by atoms with van der Waals surface area (Å²) in [6, 6.07) is 15.6. The predicted octanol–water partition coefficient (Wildman–Crippen LogP) is 13.0. The Morgan fingerprint density at radius 3 is 0.370 bits per heavy atom. The standard InChI is InChI=1S/C64H40N16S12/c65-41-25-9-1-2-10-26-42(66)50(74)58(86-26)34-19-20-36(82-34)60-52(76)44(68)28(88-60)12-5-6-14-30-46(70)54(78)62(90-30)38-23-24-40(84-38)64-56(80)48(72)32(92-64)16-8-7-15-31-47(71)55(79)63(91-31)39-22-21-37(83-39)61-53(77)45(69)29(89-61)13-4-3-11-27-43(67)51(75)59(87-27)35-18-17-33(81-35)57(85-25)49(41)73/h17-24H,65-80H2. The molecule has 448 valence electrons. The fourth-order valence-electron chi connectivity index (χ4n) is 8.89. The Kier molecular flexibility index (Phi) is 15.9. The molecule has 0 atom stereocenters. The van der Waals surface area contributed by atoms with Crippen LogP contribution in [-0.4, -0.2) is 0 Å². The molecule has 0 unspecified atom stereocenters. The summed E-state index contributed by atoms with van der Waals surface area (Å²) < 4.78 is 0. The van der Waals surface area contributed by atoms with Crippen molar-refractivity contribution in [1.82, 2.24) is 0 Å². The van der Waals surface area contributed by atoms with Gasteiger partial charge in [-0.1, -0.05) is 0 Å². The number of nitrogen functional groups attached to an aromatic ring is 16. The molecule has 92 heavy (non-hydrogen) atoms. The number of anilines is 16. The number of nitrogens with two attached hydrogens (primary N) is 16. The van der Waals surface area contributed by atoms with Crippen molar-refractivity contribution in [3.63, 3.8) is 0 Å². The van der Waals surface area contributed by atoms with Gasteiger partial charge in [0.2, 0.25) is 0 Å². The first-order valence-corrected chi connectivity index (χ1v) is 36.0. The number of hydrogen-bond acceptors (Lipinski definition) is 28. The third-order valence-electron chi connectivity index (χ3n) is 13.7. The van der Waals surface area contributed by atoms with Crippen LogP contribution in [-0.2, 0) is 0 Å². The van der Waals surface area contributed by atoms with Crippen molar-refractivity contribution in [3.8, 4) is 173 Å². The summed E-state index contributed by atoms with van der Waals surface area (Å²) in [4.78, 5) is 17.3. The minimum Gasteiger partial charge on any atom is -0.396 e. The zero-order chi connectivity index (χ0) is 64.5. The van der Waals surface area contributed by atoms with E-state index in [4.69, 9.17) is 91.7 Å². The molecule has 0 fully saturated rings. The van der Waals surface area contributed by atoms with Crippen molar-refractivity contribution >= 4 is 227 Å². The quantitative estimate of drug-likeness (QED) is 0.0627. The zero-order valence-corrected chi connectivity index (χ0v) is 56.6. The van der Waals surface area contributed by atoms with Gasteiger partial charge in [-0.05, 0) is 143 Å². The third-order valence-corrected chi connectivity index (χ3v) is 28.6. The summed E-state index contributed by atoms with van der Waals surface area (Å²) in [5, 5.41) is 0. The molecule has 1 aliphatic rings. The van der Waals surface area contributed by atoms with Crippen molar-refractivity contribution in [2.45, 2.75) is 0 Å². The Morgan fingerprint density at radius 1 is 0.152 bits per heavy atom. The highest BCUT2D eigenvalue weighted by molar-refractivity contribution is 7.30. The molecule has 12 aromatic heterocycles. The van der Waals surface area contributed by atoms with E-state index in [9.17, 15) is 0 Å². The molecule has 0 amide bonds. The van der Waals surface area contributed by atoms with Crippen LogP contribution in [0.3, 0.4) is 0 Å². The van der Waals surface area contributed by atoms with Crippen LogP contribution in [0.25, 0.3) is 78.0 Å². The Bertz CT molecular complexity index is 4670. The van der Waals surface area contributed by atoms with Gasteiger partial charge in [-0.15, -0.1) is 136 Å². The normalized spacial score (nSPS) is 11.3. The summed E-state index contributed by atoms with van der Waals surface area (Å²) in [6.45, 7) is 0. The van der Waals surface area contributed by atoms with Gasteiger partial charge in [0.05, 0.1) is 130 Å². The minimum absolute atomic E-state index is 0.349. The molecule has 12 aromatic rings. The predicted molar refractivity (Wildman–Crippen MR) is 409 cm³/mol. The largest absolute Gasteiger partial charge is 0.396 e. The second kappa shape index (κ2) is 24.1. The number of hydrogen-bond donors (Lipinski definition) is 16. The number of fused-ring (bicyclic) bond motifs is 32. The molecule has 1 aliphatic heterocycles. The van der Waals surface area contributed by atoms with Crippen molar-refractivity contribution in [3.05, 3.63) is 87.5 Å². The summed E-state index contributed by atoms with van der Waals surface area (Å²) in [6.07, 6.45) is 0. The molecule has 0 aliphatic carbocycles. The molecular weight excluding hydrogens is 1380 g/mol. The lowest BCUT2D eigenvalue weighted by molar-refractivity contribution is 1.77. The second-order valence-electron chi connectivity index (χ2n) is 19.4. The third kappa shape index (κ3) is 10.8. The van der Waals surface area contributed by atoms with Crippen LogP contribution in [0.2, 0.25) is 0 Å². The molecular formula is C64H40N16S12. The van der Waals surface area contributed by atoms with Gasteiger partial charge >= 0.3 is 0 Å². The Morgan fingerprint density at radius 2 is 0.261 bits per heavy atom. The Labute approximate surface area is 573 Å². The van der Waals surface area contributed by atoms with Gasteiger partial charge in [-0.2, -0.15) is 0 Å². The first-order chi connectivity index (χ1) is 44.2. The molecule has 28 heteroatoms. The lowest BCUT2D eigenvalue weighted by Gasteiger charge is -1.97. The fraction of sp³-hybridized carbons (Fsp3) is 0. The molecule has 24 bridgehead atoms. The lowest BCUT2D eigenvalue weighted by Crippen LogP contribution is -1.92. The molecule has 0 spiro atoms. The van der Waals surface area contributed by atoms with Crippen LogP contribution >= 0.6 is 136 Å². The summed E-state index contributed by atoms with van der Waals surface area (Å²) in [7, 11) is 0. The van der Waals surface area contributed by atoms with E-state index in [0.717, 1.165) is 78.0 Å². The van der Waals surface area contributed by atoms with E-state index < -0.39 is 0 Å². The van der Waals surface area contributed by atoms with E-state index >= 15 is 0 Å². The van der Waals surface area contributed by atoms with Gasteiger partial charge in [-0.25, -0.2) is 0 Å². The van der Waals surface area contributed by atoms with E-state index in [-0.39, 0.29) is 0 Å². The molecule has 13 heterocycles. The molecule has 32 N–H and O–H groups in total. The SMILES string of the molecule is Nc1c2sc(c1N)-c1ccc(s1)-c1sc(c(N)c1N)C#CC#Cc1sc(c(N)c1N)-c1ccc(s1)-c1sc(c(N)c1N)C#CC#Cc1sc(c(N)c1N)-c1ccc(s1)-c1sc(c(N)c1N)C#CC#Cc1sc(c(N)c1N)-c1ccc(s1)-c1sc(c(N)c1N)C#CC#C2. The zero-order valence-electron chi connectivity index (χ0n) is 46.8. The molecule has 16 nitrogen and oxygen atoms in total. The maximum Gasteiger partial charge on any atom is 0.104 e. The van der Waals surface area contributed by atoms with Gasteiger partial charge in [0, 0.05) is 39.0 Å². The van der Waals surface area contributed by atoms with Crippen LogP contribution in [0.1, 0.15) is 39.0 Å². The average molecular weight is 1420 g/mol. The van der Waals surface area contributed by atoms with Crippen molar-refractivity contribution < 1.29 is 0 Å². The summed E-state index contributed by atoms with van der Waals surface area (Å²) >= 11 is 16.8. The topological polar surface area (TPSA) is 416 Å². The molecule has 0 saturated heterocycles. The highest BCUT2D eigenvalue weighted by Gasteiger charge is 2.25. The number of rotatable bonds is 0. The molecule has 13 rings (SSSR count). The van der Waals surface area contributed by atoms with Gasteiger partial charge in [-0.3, -0.25) is 0 Å². The summed E-state index contributed by atoms with van der Waals surface area (Å²) in [5.74, 6) is 47.9. The molecule has 0 radical (unpaired) electrons. The van der Waals surface area contributed by atoms with Crippen LogP contribution in [0.4, 0.5) is 91.0 Å². The lowest BCUT2D eigenvalue weighted by atomic mass is 10.2. The Hall–Kier alpha value is -10.3. The summed E-state index contributed by atoms with van der Waals surface area (Å²) in [5.41, 5.74) is 111. The maximum atomic E-state index is 6.60. The highest BCUT2D eigenvalue weighted by atomic mass is 32.1. The van der Waals surface area contributed by atoms with Gasteiger partial charge in [0.15, 0.2) is 0 Å². The molecule has 0 aromatic carbocycles. The van der Waals surface area contributed by atoms with Crippen LogP contribution in [0.15, 0.2) is 48.5 Å². The number of thiophene rings is 12. The fourth-order valence-corrected chi connectivity index (χ4v) is 21.9. The van der Waals surface area contributed by atoms with E-state index in [1.165, 1.54) is 136 Å². The van der Waals surface area contributed by atoms with Crippen molar-refractivity contribution in [2.75, 3.05) is 91.7 Å². The van der Waals surface area contributed by atoms with E-state index in [1.807, 2.05) is 48.5 Å². The minimum atomic E-state index is 0.349. The molecule has 0 saturated carbocycles.